The molecule has 0 aromatic carbocycles. The molecule has 0 rings (SSSR count). The Morgan fingerprint density at radius 1 is 1.17 bits per heavy atom. The summed E-state index contributed by atoms with van der Waals surface area (Å²) in [5.74, 6) is 0.338. The molecule has 0 radical (unpaired) electrons. The average Bonchev–Trinajstić information content (AvgIpc) is 2.00. The van der Waals surface area contributed by atoms with Gasteiger partial charge in [0.2, 0.25) is 0 Å². The lowest BCUT2D eigenvalue weighted by Crippen LogP contribution is -2.33. The topological polar surface area (TPSA) is 34.1 Å². The zero-order valence-corrected chi connectivity index (χ0v) is 9.37. The van der Waals surface area contributed by atoms with Crippen LogP contribution in [0.3, 0.4) is 0 Å². The van der Waals surface area contributed by atoms with Gasteiger partial charge in [-0.15, -0.1) is 0 Å². The highest BCUT2D eigenvalue weighted by Crippen LogP contribution is 2.21. The van der Waals surface area contributed by atoms with Crippen LogP contribution in [-0.2, 0) is 9.84 Å². The first-order valence-electron chi connectivity index (χ1n) is 4.59. The highest BCUT2D eigenvalue weighted by Gasteiger charge is 2.31. The highest BCUT2D eigenvalue weighted by atomic mass is 32.2. The first-order valence-corrected chi connectivity index (χ1v) is 6.25. The molecule has 0 aliphatic rings. The standard InChI is InChI=1S/C9H20O2S/c1-5-7-8-12(10,11)9(3,4)6-2/h5-8H2,1-4H3. The highest BCUT2D eigenvalue weighted by molar-refractivity contribution is 7.92. The number of unbranched alkanes of at least 4 members (excludes halogenated alkanes) is 1. The van der Waals surface area contributed by atoms with Crippen molar-refractivity contribution >= 4 is 9.84 Å². The minimum absolute atomic E-state index is 0.338. The fourth-order valence-electron chi connectivity index (χ4n) is 0.831. The van der Waals surface area contributed by atoms with Crippen molar-refractivity contribution in [3.63, 3.8) is 0 Å². The van der Waals surface area contributed by atoms with E-state index in [4.69, 9.17) is 0 Å². The van der Waals surface area contributed by atoms with Gasteiger partial charge >= 0.3 is 0 Å². The monoisotopic (exact) mass is 192 g/mol. The van der Waals surface area contributed by atoms with Crippen LogP contribution in [0.1, 0.15) is 47.0 Å². The molecule has 2 nitrogen and oxygen atoms in total. The van der Waals surface area contributed by atoms with Crippen molar-refractivity contribution < 1.29 is 8.42 Å². The van der Waals surface area contributed by atoms with Crippen LogP contribution in [0.2, 0.25) is 0 Å². The van der Waals surface area contributed by atoms with Gasteiger partial charge in [0.05, 0.1) is 10.5 Å². The molecular formula is C9H20O2S. The second kappa shape index (κ2) is 4.26. The van der Waals surface area contributed by atoms with Crippen LogP contribution in [0, 0.1) is 0 Å². The molecule has 0 atom stereocenters. The summed E-state index contributed by atoms with van der Waals surface area (Å²) in [6.07, 6.45) is 2.42. The molecule has 0 saturated carbocycles. The van der Waals surface area contributed by atoms with E-state index in [2.05, 4.69) is 0 Å². The van der Waals surface area contributed by atoms with Crippen molar-refractivity contribution in [3.8, 4) is 0 Å². The van der Waals surface area contributed by atoms with E-state index >= 15 is 0 Å². The van der Waals surface area contributed by atoms with Crippen LogP contribution in [-0.4, -0.2) is 18.9 Å². The molecule has 0 aromatic rings. The molecule has 0 aromatic heterocycles. The molecule has 0 amide bonds. The summed E-state index contributed by atoms with van der Waals surface area (Å²) < 4.78 is 22.7. The molecular weight excluding hydrogens is 172 g/mol. The van der Waals surface area contributed by atoms with Crippen molar-refractivity contribution in [2.24, 2.45) is 0 Å². The third-order valence-corrected chi connectivity index (χ3v) is 5.26. The Hall–Kier alpha value is -0.0500. The van der Waals surface area contributed by atoms with Gasteiger partial charge in [-0.3, -0.25) is 0 Å². The second-order valence-electron chi connectivity index (χ2n) is 3.79. The molecule has 0 heterocycles. The Bertz CT molecular complexity index is 215. The summed E-state index contributed by atoms with van der Waals surface area (Å²) in [7, 11) is -2.87. The quantitative estimate of drug-likeness (QED) is 0.670. The molecule has 0 N–H and O–H groups in total. The van der Waals surface area contributed by atoms with Crippen molar-refractivity contribution in [2.45, 2.75) is 51.7 Å². The van der Waals surface area contributed by atoms with E-state index in [1.54, 1.807) is 13.8 Å². The van der Waals surface area contributed by atoms with Crippen LogP contribution < -0.4 is 0 Å². The summed E-state index contributed by atoms with van der Waals surface area (Å²) in [5.41, 5.74) is 0. The molecule has 0 bridgehead atoms. The minimum atomic E-state index is -2.87. The first kappa shape index (κ1) is 11.9. The fourth-order valence-corrected chi connectivity index (χ4v) is 2.49. The summed E-state index contributed by atoms with van der Waals surface area (Å²) in [6, 6.07) is 0. The van der Waals surface area contributed by atoms with Gasteiger partial charge < -0.3 is 0 Å². The van der Waals surface area contributed by atoms with Crippen LogP contribution >= 0.6 is 0 Å². The molecule has 0 unspecified atom stereocenters. The maximum atomic E-state index is 11.6. The Labute approximate surface area is 76.3 Å². The number of hydrogen-bond donors (Lipinski definition) is 0. The van der Waals surface area contributed by atoms with E-state index < -0.39 is 14.6 Å². The number of rotatable bonds is 5. The van der Waals surface area contributed by atoms with E-state index in [1.807, 2.05) is 13.8 Å². The lowest BCUT2D eigenvalue weighted by molar-refractivity contribution is 0.536. The predicted molar refractivity (Wildman–Crippen MR) is 53.1 cm³/mol. The van der Waals surface area contributed by atoms with E-state index in [0.29, 0.717) is 12.2 Å². The van der Waals surface area contributed by atoms with Gasteiger partial charge in [-0.05, 0) is 26.7 Å². The zero-order valence-electron chi connectivity index (χ0n) is 8.55. The van der Waals surface area contributed by atoms with Gasteiger partial charge in [0, 0.05) is 0 Å². The van der Waals surface area contributed by atoms with Crippen molar-refractivity contribution in [1.29, 1.82) is 0 Å². The van der Waals surface area contributed by atoms with Crippen LogP contribution in [0.25, 0.3) is 0 Å². The van der Waals surface area contributed by atoms with Crippen molar-refractivity contribution in [2.75, 3.05) is 5.75 Å². The van der Waals surface area contributed by atoms with Crippen molar-refractivity contribution in [3.05, 3.63) is 0 Å². The molecule has 3 heteroatoms. The number of sulfone groups is 1. The van der Waals surface area contributed by atoms with Gasteiger partial charge in [0.25, 0.3) is 0 Å². The van der Waals surface area contributed by atoms with Crippen LogP contribution in [0.5, 0.6) is 0 Å². The molecule has 0 fully saturated rings. The molecule has 0 aliphatic carbocycles. The Morgan fingerprint density at radius 3 is 2.00 bits per heavy atom. The smallest absolute Gasteiger partial charge is 0.155 e. The molecule has 0 saturated heterocycles. The van der Waals surface area contributed by atoms with Gasteiger partial charge in [-0.25, -0.2) is 8.42 Å². The van der Waals surface area contributed by atoms with Crippen LogP contribution in [0.4, 0.5) is 0 Å². The number of hydrogen-bond acceptors (Lipinski definition) is 2. The summed E-state index contributed by atoms with van der Waals surface area (Å²) in [4.78, 5) is 0. The molecule has 74 valence electrons. The van der Waals surface area contributed by atoms with Gasteiger partial charge in [-0.2, -0.15) is 0 Å². The maximum Gasteiger partial charge on any atom is 0.155 e. The summed E-state index contributed by atoms with van der Waals surface area (Å²) >= 11 is 0. The van der Waals surface area contributed by atoms with Crippen molar-refractivity contribution in [1.82, 2.24) is 0 Å². The molecule has 12 heavy (non-hydrogen) atoms. The first-order chi connectivity index (χ1) is 5.37. The Kier molecular flexibility index (Phi) is 4.24. The largest absolute Gasteiger partial charge is 0.228 e. The van der Waals surface area contributed by atoms with Crippen LogP contribution in [0.15, 0.2) is 0 Å². The average molecular weight is 192 g/mol. The summed E-state index contributed by atoms with van der Waals surface area (Å²) in [6.45, 7) is 7.54. The summed E-state index contributed by atoms with van der Waals surface area (Å²) in [5, 5.41) is 0. The maximum absolute atomic E-state index is 11.6. The minimum Gasteiger partial charge on any atom is -0.228 e. The fraction of sp³-hybridized carbons (Fsp3) is 1.00. The normalized spacial score (nSPS) is 13.3. The second-order valence-corrected chi connectivity index (χ2v) is 6.53. The zero-order chi connectivity index (χ0) is 9.83. The predicted octanol–water partition coefficient (Wildman–Crippen LogP) is 2.39. The third kappa shape index (κ3) is 2.77. The van der Waals surface area contributed by atoms with Gasteiger partial charge in [0.15, 0.2) is 9.84 Å². The molecule has 0 aliphatic heterocycles. The lowest BCUT2D eigenvalue weighted by Gasteiger charge is -2.22. The van der Waals surface area contributed by atoms with E-state index in [9.17, 15) is 8.42 Å². The van der Waals surface area contributed by atoms with Gasteiger partial charge in [0.1, 0.15) is 0 Å². The van der Waals surface area contributed by atoms with E-state index in [1.165, 1.54) is 0 Å². The van der Waals surface area contributed by atoms with Gasteiger partial charge in [-0.1, -0.05) is 20.3 Å². The third-order valence-electron chi connectivity index (χ3n) is 2.46. The lowest BCUT2D eigenvalue weighted by atomic mass is 10.1. The van der Waals surface area contributed by atoms with E-state index in [0.717, 1.165) is 12.8 Å². The SMILES string of the molecule is CCCCS(=O)(=O)C(C)(C)CC. The Morgan fingerprint density at radius 2 is 1.67 bits per heavy atom. The molecule has 0 spiro atoms. The Balaban J connectivity index is 4.40. The van der Waals surface area contributed by atoms with E-state index in [-0.39, 0.29) is 0 Å².